The van der Waals surface area contributed by atoms with Crippen LogP contribution >= 0.6 is 0 Å². The van der Waals surface area contributed by atoms with Gasteiger partial charge < -0.3 is 10.4 Å². The van der Waals surface area contributed by atoms with E-state index in [4.69, 9.17) is 0 Å². The Morgan fingerprint density at radius 2 is 2.08 bits per heavy atom. The minimum absolute atomic E-state index is 0.122. The molecule has 0 saturated carbocycles. The first kappa shape index (κ1) is 17.8. The summed E-state index contributed by atoms with van der Waals surface area (Å²) in [6, 6.07) is -0.861. The van der Waals surface area contributed by atoms with E-state index < -0.39 is 12.0 Å². The number of nitrogens with one attached hydrogen (secondary N) is 1. The maximum atomic E-state index is 12.2. The van der Waals surface area contributed by atoms with Crippen LogP contribution in [0.2, 0.25) is 0 Å². The lowest BCUT2D eigenvalue weighted by atomic mass is 9.99. The zero-order valence-electron chi connectivity index (χ0n) is 14.4. The first-order chi connectivity index (χ1) is 11.3. The maximum Gasteiger partial charge on any atom is 0.326 e. The number of aryl methyl sites for hydroxylation is 2. The molecule has 0 aliphatic heterocycles. The number of hydrogen-bond donors (Lipinski definition) is 2. The van der Waals surface area contributed by atoms with Crippen molar-refractivity contribution < 1.29 is 14.7 Å². The summed E-state index contributed by atoms with van der Waals surface area (Å²) in [5.74, 6) is -0.875. The summed E-state index contributed by atoms with van der Waals surface area (Å²) in [6.45, 7) is 7.49. The predicted molar refractivity (Wildman–Crippen MR) is 87.6 cm³/mol. The monoisotopic (exact) mass is 333 g/mol. The Bertz CT molecular complexity index is 755. The van der Waals surface area contributed by atoms with Crippen molar-refractivity contribution in [3.8, 4) is 0 Å². The third-order valence-corrected chi connectivity index (χ3v) is 4.39. The lowest BCUT2D eigenvalue weighted by molar-refractivity contribution is -0.143. The zero-order valence-corrected chi connectivity index (χ0v) is 14.4. The Kier molecular flexibility index (Phi) is 5.48. The number of nitrogens with zero attached hydrogens (tertiary/aromatic N) is 4. The van der Waals surface area contributed by atoms with Gasteiger partial charge in [-0.25, -0.2) is 14.3 Å². The van der Waals surface area contributed by atoms with Gasteiger partial charge in [0.2, 0.25) is 5.91 Å². The highest BCUT2D eigenvalue weighted by Crippen LogP contribution is 2.15. The first-order valence-corrected chi connectivity index (χ1v) is 8.03. The Hall–Kier alpha value is -2.51. The van der Waals surface area contributed by atoms with Crippen molar-refractivity contribution in [2.24, 2.45) is 5.92 Å². The number of amides is 1. The summed E-state index contributed by atoms with van der Waals surface area (Å²) in [6.07, 6.45) is 2.79. The molecule has 2 rings (SSSR count). The van der Waals surface area contributed by atoms with Gasteiger partial charge in [-0.1, -0.05) is 20.3 Å². The van der Waals surface area contributed by atoms with Crippen LogP contribution in [0.3, 0.4) is 0 Å². The number of hydrogen-bond acceptors (Lipinski definition) is 5. The highest BCUT2D eigenvalue weighted by Gasteiger charge is 2.25. The van der Waals surface area contributed by atoms with E-state index in [2.05, 4.69) is 20.4 Å². The fourth-order valence-electron chi connectivity index (χ4n) is 2.68. The van der Waals surface area contributed by atoms with Crippen LogP contribution in [0.4, 0.5) is 0 Å². The second kappa shape index (κ2) is 7.37. The van der Waals surface area contributed by atoms with Gasteiger partial charge in [0, 0.05) is 17.8 Å². The van der Waals surface area contributed by atoms with Crippen LogP contribution in [0.5, 0.6) is 0 Å². The van der Waals surface area contributed by atoms with E-state index in [1.165, 1.54) is 6.33 Å². The molecule has 1 amide bonds. The average molecular weight is 333 g/mol. The van der Waals surface area contributed by atoms with E-state index in [1.807, 2.05) is 27.7 Å². The second-order valence-corrected chi connectivity index (χ2v) is 6.00. The first-order valence-electron chi connectivity index (χ1n) is 8.03. The van der Waals surface area contributed by atoms with Gasteiger partial charge in [-0.3, -0.25) is 4.79 Å². The van der Waals surface area contributed by atoms with Gasteiger partial charge in [0.15, 0.2) is 0 Å². The van der Waals surface area contributed by atoms with Crippen molar-refractivity contribution in [2.45, 2.75) is 53.0 Å². The third-order valence-electron chi connectivity index (χ3n) is 4.39. The number of aliphatic carboxylic acids is 1. The van der Waals surface area contributed by atoms with E-state index >= 15 is 0 Å². The van der Waals surface area contributed by atoms with Crippen LogP contribution < -0.4 is 5.32 Å². The van der Waals surface area contributed by atoms with E-state index in [-0.39, 0.29) is 18.2 Å². The number of carboxylic acids is 1. The molecule has 0 bridgehead atoms. The molecule has 0 radical (unpaired) electrons. The van der Waals surface area contributed by atoms with Crippen LogP contribution in [0, 0.1) is 19.8 Å². The molecular formula is C16H23N5O3. The lowest BCUT2D eigenvalue weighted by Crippen LogP contribution is -2.45. The van der Waals surface area contributed by atoms with Crippen LogP contribution in [0.25, 0.3) is 5.78 Å². The maximum absolute atomic E-state index is 12.2. The molecule has 24 heavy (non-hydrogen) atoms. The van der Waals surface area contributed by atoms with Crippen molar-refractivity contribution in [2.75, 3.05) is 0 Å². The van der Waals surface area contributed by atoms with Crippen molar-refractivity contribution in [3.63, 3.8) is 0 Å². The number of rotatable bonds is 7. The minimum atomic E-state index is -1.00. The quantitative estimate of drug-likeness (QED) is 0.790. The molecule has 2 aromatic rings. The molecule has 2 heterocycles. The number of fused-ring (bicyclic) bond motifs is 1. The number of carbonyl (C=O) groups is 2. The summed E-state index contributed by atoms with van der Waals surface area (Å²) >= 11 is 0. The summed E-state index contributed by atoms with van der Waals surface area (Å²) in [5, 5.41) is 16.0. The SMILES string of the molecule is CCC(C)C(NC(=O)CCc1c(C)nc2ncnn2c1C)C(=O)O. The Labute approximate surface area is 140 Å². The molecule has 0 saturated heterocycles. The fraction of sp³-hybridized carbons (Fsp3) is 0.562. The van der Waals surface area contributed by atoms with Crippen molar-refractivity contribution in [1.82, 2.24) is 24.9 Å². The van der Waals surface area contributed by atoms with Crippen LogP contribution in [0.1, 0.15) is 43.6 Å². The smallest absolute Gasteiger partial charge is 0.326 e. The highest BCUT2D eigenvalue weighted by atomic mass is 16.4. The molecule has 0 aromatic carbocycles. The lowest BCUT2D eigenvalue weighted by Gasteiger charge is -2.20. The summed E-state index contributed by atoms with van der Waals surface area (Å²) in [4.78, 5) is 31.9. The predicted octanol–water partition coefficient (Wildman–Crippen LogP) is 1.29. The molecule has 8 heteroatoms. The Morgan fingerprint density at radius 3 is 2.71 bits per heavy atom. The van der Waals surface area contributed by atoms with E-state index in [1.54, 1.807) is 4.52 Å². The summed E-state index contributed by atoms with van der Waals surface area (Å²) < 4.78 is 1.64. The van der Waals surface area contributed by atoms with Gasteiger partial charge in [0.1, 0.15) is 12.4 Å². The molecule has 2 atom stereocenters. The highest BCUT2D eigenvalue weighted by molar-refractivity contribution is 5.83. The molecule has 0 fully saturated rings. The topological polar surface area (TPSA) is 109 Å². The van der Waals surface area contributed by atoms with Crippen molar-refractivity contribution in [3.05, 3.63) is 23.3 Å². The molecule has 0 aliphatic rings. The largest absolute Gasteiger partial charge is 0.480 e. The van der Waals surface area contributed by atoms with Crippen LogP contribution in [0.15, 0.2) is 6.33 Å². The molecule has 8 nitrogen and oxygen atoms in total. The molecule has 130 valence electrons. The second-order valence-electron chi connectivity index (χ2n) is 6.00. The number of carboxylic acid groups (broad SMARTS) is 1. The zero-order chi connectivity index (χ0) is 17.9. The van der Waals surface area contributed by atoms with Crippen LogP contribution in [-0.2, 0) is 16.0 Å². The molecule has 2 N–H and O–H groups in total. The van der Waals surface area contributed by atoms with E-state index in [9.17, 15) is 14.7 Å². The van der Waals surface area contributed by atoms with E-state index in [0.717, 1.165) is 17.0 Å². The van der Waals surface area contributed by atoms with Crippen molar-refractivity contribution in [1.29, 1.82) is 0 Å². The van der Waals surface area contributed by atoms with Gasteiger partial charge in [0.25, 0.3) is 5.78 Å². The Morgan fingerprint density at radius 1 is 1.38 bits per heavy atom. The van der Waals surface area contributed by atoms with E-state index in [0.29, 0.717) is 18.6 Å². The summed E-state index contributed by atoms with van der Waals surface area (Å²) in [5.41, 5.74) is 2.62. The average Bonchev–Trinajstić information content (AvgIpc) is 2.99. The van der Waals surface area contributed by atoms with Gasteiger partial charge in [-0.2, -0.15) is 10.1 Å². The Balaban J connectivity index is 2.07. The minimum Gasteiger partial charge on any atom is -0.480 e. The van der Waals surface area contributed by atoms with Gasteiger partial charge >= 0.3 is 5.97 Å². The standard InChI is InChI=1S/C16H23N5O3/c1-5-9(2)14(15(23)24)20-13(22)7-6-12-10(3)19-16-17-8-18-21(16)11(12)4/h8-9,14H,5-7H2,1-4H3,(H,20,22)(H,23,24). The van der Waals surface area contributed by atoms with Crippen LogP contribution in [-0.4, -0.2) is 42.6 Å². The third kappa shape index (κ3) is 3.69. The number of carbonyl (C=O) groups excluding carboxylic acids is 1. The molecule has 0 spiro atoms. The van der Waals surface area contributed by atoms with Crippen molar-refractivity contribution >= 4 is 17.7 Å². The molecule has 2 aromatic heterocycles. The van der Waals surface area contributed by atoms with Gasteiger partial charge in [-0.05, 0) is 31.7 Å². The summed E-state index contributed by atoms with van der Waals surface area (Å²) in [7, 11) is 0. The van der Waals surface area contributed by atoms with Gasteiger partial charge in [-0.15, -0.1) is 0 Å². The molecule has 2 unspecified atom stereocenters. The molecular weight excluding hydrogens is 310 g/mol. The molecule has 0 aliphatic carbocycles. The van der Waals surface area contributed by atoms with Gasteiger partial charge in [0.05, 0.1) is 0 Å². The fourth-order valence-corrected chi connectivity index (χ4v) is 2.68. The number of aromatic nitrogens is 4. The normalized spacial score (nSPS) is 13.7.